The Hall–Kier alpha value is -0.810. The van der Waals surface area contributed by atoms with Gasteiger partial charge in [0.1, 0.15) is 5.60 Å². The fourth-order valence-electron chi connectivity index (χ4n) is 1.56. The van der Waals surface area contributed by atoms with Crippen molar-refractivity contribution in [2.45, 2.75) is 40.2 Å². The van der Waals surface area contributed by atoms with Crippen LogP contribution in [0.15, 0.2) is 0 Å². The lowest BCUT2D eigenvalue weighted by Crippen LogP contribution is -2.40. The van der Waals surface area contributed by atoms with Crippen molar-refractivity contribution in [1.82, 2.24) is 10.2 Å². The summed E-state index contributed by atoms with van der Waals surface area (Å²) < 4.78 is 5.28. The van der Waals surface area contributed by atoms with Gasteiger partial charge in [-0.1, -0.05) is 13.8 Å². The molecule has 0 rings (SSSR count). The highest BCUT2D eigenvalue weighted by Crippen LogP contribution is 2.09. The van der Waals surface area contributed by atoms with Gasteiger partial charge in [-0.3, -0.25) is 0 Å². The molecule has 0 saturated heterocycles. The molecule has 0 fully saturated rings. The van der Waals surface area contributed by atoms with Gasteiger partial charge in [-0.05, 0) is 45.7 Å². The zero-order valence-corrected chi connectivity index (χ0v) is 13.3. The summed E-state index contributed by atoms with van der Waals surface area (Å²) in [5.41, 5.74) is 5.27. The summed E-state index contributed by atoms with van der Waals surface area (Å²) in [6.45, 7) is 12.9. The predicted molar refractivity (Wildman–Crippen MR) is 79.1 cm³/mol. The average Bonchev–Trinajstić information content (AvgIpc) is 2.25. The first kappa shape index (κ1) is 18.2. The van der Waals surface area contributed by atoms with E-state index < -0.39 is 5.60 Å². The first-order chi connectivity index (χ1) is 8.67. The summed E-state index contributed by atoms with van der Waals surface area (Å²) in [5, 5.41) is 3.34. The molecule has 0 aromatic heterocycles. The quantitative estimate of drug-likeness (QED) is 0.693. The maximum atomic E-state index is 11.7. The summed E-state index contributed by atoms with van der Waals surface area (Å²) in [5.74, 6) is 1.05. The highest BCUT2D eigenvalue weighted by atomic mass is 16.6. The fraction of sp³-hybridized carbons (Fsp3) is 0.929. The number of rotatable bonds is 7. The Morgan fingerprint density at radius 3 is 2.37 bits per heavy atom. The number of carbonyl (C=O) groups is 1. The van der Waals surface area contributed by atoms with Crippen molar-refractivity contribution in [3.8, 4) is 0 Å². The molecule has 0 aliphatic rings. The molecule has 0 aromatic carbocycles. The molecular formula is C14H31N3O2. The maximum Gasteiger partial charge on any atom is 0.410 e. The summed E-state index contributed by atoms with van der Waals surface area (Å²) >= 11 is 0. The zero-order chi connectivity index (χ0) is 15.1. The second-order valence-corrected chi connectivity index (χ2v) is 6.35. The molecule has 0 heterocycles. The SMILES string of the molecule is CC(C)C(CN)CNCCN(C)C(=O)OC(C)(C)C. The van der Waals surface area contributed by atoms with E-state index in [0.29, 0.717) is 24.9 Å². The van der Waals surface area contributed by atoms with E-state index in [4.69, 9.17) is 10.5 Å². The molecule has 0 radical (unpaired) electrons. The first-order valence-electron chi connectivity index (χ1n) is 7.02. The van der Waals surface area contributed by atoms with Crippen LogP contribution >= 0.6 is 0 Å². The number of carbonyl (C=O) groups excluding carboxylic acids is 1. The highest BCUT2D eigenvalue weighted by molar-refractivity contribution is 5.67. The Kier molecular flexibility index (Phi) is 8.02. The number of likely N-dealkylation sites (N-methyl/N-ethyl adjacent to an activating group) is 1. The van der Waals surface area contributed by atoms with Crippen molar-refractivity contribution in [2.75, 3.05) is 33.2 Å². The van der Waals surface area contributed by atoms with Crippen molar-refractivity contribution < 1.29 is 9.53 Å². The summed E-state index contributed by atoms with van der Waals surface area (Å²) in [6.07, 6.45) is -0.284. The van der Waals surface area contributed by atoms with Crippen molar-refractivity contribution in [3.63, 3.8) is 0 Å². The molecule has 114 valence electrons. The van der Waals surface area contributed by atoms with Gasteiger partial charge < -0.3 is 20.7 Å². The smallest absolute Gasteiger partial charge is 0.410 e. The van der Waals surface area contributed by atoms with Gasteiger partial charge in [0, 0.05) is 20.1 Å². The predicted octanol–water partition coefficient (Wildman–Crippen LogP) is 1.67. The van der Waals surface area contributed by atoms with Gasteiger partial charge >= 0.3 is 6.09 Å². The molecule has 1 amide bonds. The van der Waals surface area contributed by atoms with E-state index in [1.54, 1.807) is 11.9 Å². The van der Waals surface area contributed by atoms with Gasteiger partial charge in [0.05, 0.1) is 0 Å². The lowest BCUT2D eigenvalue weighted by molar-refractivity contribution is 0.0300. The number of nitrogens with two attached hydrogens (primary N) is 1. The van der Waals surface area contributed by atoms with Gasteiger partial charge in [0.25, 0.3) is 0 Å². The Labute approximate surface area is 117 Å². The monoisotopic (exact) mass is 273 g/mol. The Bertz CT molecular complexity index is 262. The van der Waals surface area contributed by atoms with Crippen LogP contribution in [-0.2, 0) is 4.74 Å². The summed E-state index contributed by atoms with van der Waals surface area (Å²) in [7, 11) is 1.75. The lowest BCUT2D eigenvalue weighted by Gasteiger charge is -2.25. The van der Waals surface area contributed by atoms with Crippen LogP contribution in [0.3, 0.4) is 0 Å². The molecule has 0 aliphatic heterocycles. The molecule has 0 aliphatic carbocycles. The van der Waals surface area contributed by atoms with Gasteiger partial charge in [0.2, 0.25) is 0 Å². The van der Waals surface area contributed by atoms with E-state index in [-0.39, 0.29) is 6.09 Å². The van der Waals surface area contributed by atoms with E-state index in [9.17, 15) is 4.79 Å². The molecule has 1 unspecified atom stereocenters. The van der Waals surface area contributed by atoms with E-state index in [1.807, 2.05) is 20.8 Å². The largest absolute Gasteiger partial charge is 0.444 e. The number of nitrogens with one attached hydrogen (secondary N) is 1. The molecule has 5 nitrogen and oxygen atoms in total. The van der Waals surface area contributed by atoms with E-state index in [0.717, 1.165) is 13.1 Å². The van der Waals surface area contributed by atoms with Crippen molar-refractivity contribution in [1.29, 1.82) is 0 Å². The van der Waals surface area contributed by atoms with E-state index >= 15 is 0 Å². The normalized spacial score (nSPS) is 13.5. The fourth-order valence-corrected chi connectivity index (χ4v) is 1.56. The average molecular weight is 273 g/mol. The molecule has 0 spiro atoms. The molecule has 0 saturated carbocycles. The van der Waals surface area contributed by atoms with E-state index in [2.05, 4.69) is 19.2 Å². The highest BCUT2D eigenvalue weighted by Gasteiger charge is 2.19. The van der Waals surface area contributed by atoms with Crippen molar-refractivity contribution >= 4 is 6.09 Å². The van der Waals surface area contributed by atoms with Gasteiger partial charge in [-0.25, -0.2) is 4.79 Å². The Morgan fingerprint density at radius 1 is 1.37 bits per heavy atom. The van der Waals surface area contributed by atoms with E-state index in [1.165, 1.54) is 0 Å². The number of amides is 1. The number of hydrogen-bond acceptors (Lipinski definition) is 4. The molecule has 0 bridgehead atoms. The summed E-state index contributed by atoms with van der Waals surface area (Å²) in [6, 6.07) is 0. The summed E-state index contributed by atoms with van der Waals surface area (Å²) in [4.78, 5) is 13.3. The van der Waals surface area contributed by atoms with Crippen LogP contribution < -0.4 is 11.1 Å². The second-order valence-electron chi connectivity index (χ2n) is 6.35. The van der Waals surface area contributed by atoms with Crippen LogP contribution in [0.2, 0.25) is 0 Å². The van der Waals surface area contributed by atoms with Crippen LogP contribution in [0.5, 0.6) is 0 Å². The minimum atomic E-state index is -0.443. The molecule has 0 aromatic rings. The molecule has 19 heavy (non-hydrogen) atoms. The van der Waals surface area contributed by atoms with Crippen LogP contribution in [0.1, 0.15) is 34.6 Å². The molecule has 1 atom stereocenters. The van der Waals surface area contributed by atoms with Crippen LogP contribution in [0, 0.1) is 11.8 Å². The third kappa shape index (κ3) is 8.83. The maximum absolute atomic E-state index is 11.7. The van der Waals surface area contributed by atoms with Gasteiger partial charge in [-0.15, -0.1) is 0 Å². The topological polar surface area (TPSA) is 67.6 Å². The lowest BCUT2D eigenvalue weighted by atomic mass is 9.96. The second kappa shape index (κ2) is 8.38. The third-order valence-corrected chi connectivity index (χ3v) is 2.98. The van der Waals surface area contributed by atoms with Crippen molar-refractivity contribution in [3.05, 3.63) is 0 Å². The van der Waals surface area contributed by atoms with Crippen molar-refractivity contribution in [2.24, 2.45) is 17.6 Å². The number of ether oxygens (including phenoxy) is 1. The Balaban J connectivity index is 3.86. The molecule has 5 heteroatoms. The first-order valence-corrected chi connectivity index (χ1v) is 7.02. The third-order valence-electron chi connectivity index (χ3n) is 2.98. The zero-order valence-electron chi connectivity index (χ0n) is 13.3. The molecule has 3 N–H and O–H groups in total. The van der Waals surface area contributed by atoms with Crippen LogP contribution in [-0.4, -0.2) is 49.8 Å². The van der Waals surface area contributed by atoms with Crippen LogP contribution in [0.4, 0.5) is 4.79 Å². The number of hydrogen-bond donors (Lipinski definition) is 2. The van der Waals surface area contributed by atoms with Gasteiger partial charge in [-0.2, -0.15) is 0 Å². The molecular weight excluding hydrogens is 242 g/mol. The van der Waals surface area contributed by atoms with Crippen LogP contribution in [0.25, 0.3) is 0 Å². The van der Waals surface area contributed by atoms with Gasteiger partial charge in [0.15, 0.2) is 0 Å². The minimum Gasteiger partial charge on any atom is -0.444 e. The standard InChI is InChI=1S/C14H31N3O2/c1-11(2)12(9-15)10-16-7-8-17(6)13(18)19-14(3,4)5/h11-12,16H,7-10,15H2,1-6H3. The number of nitrogens with zero attached hydrogens (tertiary/aromatic N) is 1. The Morgan fingerprint density at radius 2 is 1.95 bits per heavy atom. The minimum absolute atomic E-state index is 0.284.